The fourth-order valence-corrected chi connectivity index (χ4v) is 11.5. The standard InChI is InChI=1S/C39H58O5/c1-25(2)10-9-20-39(8,43)28-17-22-37(6)27(28)13-15-32-36(5)21-19-33(35(3,4)31(36)18-23-38(32,37)7)44-34(42)16-12-26-11-14-29(40)30(41)24-26/h10-12,14,16,24,27-28,31-33,40-41,43H,9,13,15,17-23H2,1-8H3/t27?,28?,31?,32?,33-,36-,37+,38+,39?/m0/s1. The van der Waals surface area contributed by atoms with Gasteiger partial charge in [-0.05, 0) is 149 Å². The van der Waals surface area contributed by atoms with Crippen LogP contribution in [0.25, 0.3) is 6.08 Å². The molecule has 0 bridgehead atoms. The zero-order valence-electron chi connectivity index (χ0n) is 28.6. The summed E-state index contributed by atoms with van der Waals surface area (Å²) < 4.78 is 6.16. The van der Waals surface area contributed by atoms with Gasteiger partial charge in [0, 0.05) is 11.5 Å². The highest BCUT2D eigenvalue weighted by molar-refractivity contribution is 5.87. The molecule has 0 spiro atoms. The van der Waals surface area contributed by atoms with Gasteiger partial charge in [-0.3, -0.25) is 0 Å². The second-order valence-corrected chi connectivity index (χ2v) is 16.9. The molecule has 1 aromatic carbocycles. The number of allylic oxidation sites excluding steroid dienone is 2. The number of phenols is 2. The van der Waals surface area contributed by atoms with Crippen molar-refractivity contribution in [3.8, 4) is 11.5 Å². The van der Waals surface area contributed by atoms with E-state index in [1.807, 2.05) is 0 Å². The molecule has 5 rings (SSSR count). The Hall–Kier alpha value is -2.27. The second kappa shape index (κ2) is 11.5. The molecule has 5 heteroatoms. The summed E-state index contributed by atoms with van der Waals surface area (Å²) in [5, 5.41) is 31.1. The van der Waals surface area contributed by atoms with E-state index < -0.39 is 5.60 Å². The molecule has 4 aliphatic carbocycles. The molecule has 5 nitrogen and oxygen atoms in total. The number of aliphatic hydroxyl groups is 1. The number of phenolic OH excluding ortho intramolecular Hbond substituents is 2. The first-order valence-electron chi connectivity index (χ1n) is 17.2. The first kappa shape index (κ1) is 33.1. The van der Waals surface area contributed by atoms with Gasteiger partial charge in [-0.2, -0.15) is 0 Å². The van der Waals surface area contributed by atoms with Crippen molar-refractivity contribution in [1.82, 2.24) is 0 Å². The third-order valence-corrected chi connectivity index (χ3v) is 14.0. The van der Waals surface area contributed by atoms with E-state index in [1.54, 1.807) is 12.1 Å². The largest absolute Gasteiger partial charge is 0.504 e. The Kier molecular flexibility index (Phi) is 8.66. The highest BCUT2D eigenvalue weighted by atomic mass is 16.5. The number of fused-ring (bicyclic) bond motifs is 5. The summed E-state index contributed by atoms with van der Waals surface area (Å²) in [6.07, 6.45) is 16.0. The Balaban J connectivity index is 1.31. The predicted molar refractivity (Wildman–Crippen MR) is 177 cm³/mol. The van der Waals surface area contributed by atoms with Gasteiger partial charge in [0.15, 0.2) is 11.5 Å². The maximum absolute atomic E-state index is 13.0. The molecule has 4 saturated carbocycles. The second-order valence-electron chi connectivity index (χ2n) is 16.9. The van der Waals surface area contributed by atoms with Gasteiger partial charge in [0.1, 0.15) is 6.10 Å². The van der Waals surface area contributed by atoms with E-state index in [2.05, 4.69) is 61.5 Å². The molecule has 9 atom stereocenters. The van der Waals surface area contributed by atoms with Crippen LogP contribution in [0.4, 0.5) is 0 Å². The number of esters is 1. The van der Waals surface area contributed by atoms with Crippen LogP contribution in [0.5, 0.6) is 11.5 Å². The highest BCUT2D eigenvalue weighted by Crippen LogP contribution is 2.76. The lowest BCUT2D eigenvalue weighted by Gasteiger charge is -2.70. The van der Waals surface area contributed by atoms with Gasteiger partial charge in [0.05, 0.1) is 5.60 Å². The fourth-order valence-electron chi connectivity index (χ4n) is 11.5. The average Bonchev–Trinajstić information content (AvgIpc) is 3.30. The molecule has 0 aromatic heterocycles. The molecular formula is C39H58O5. The Labute approximate surface area is 266 Å². The van der Waals surface area contributed by atoms with Gasteiger partial charge >= 0.3 is 5.97 Å². The summed E-state index contributed by atoms with van der Waals surface area (Å²) in [5.74, 6) is 1.28. The molecule has 5 unspecified atom stereocenters. The van der Waals surface area contributed by atoms with Gasteiger partial charge in [-0.25, -0.2) is 4.79 Å². The third kappa shape index (κ3) is 5.43. The van der Waals surface area contributed by atoms with Crippen LogP contribution in [-0.4, -0.2) is 33.0 Å². The number of hydrogen-bond acceptors (Lipinski definition) is 5. The van der Waals surface area contributed by atoms with Crippen LogP contribution in [0.3, 0.4) is 0 Å². The van der Waals surface area contributed by atoms with Crippen molar-refractivity contribution in [2.45, 2.75) is 131 Å². The molecule has 1 aromatic rings. The molecule has 0 saturated heterocycles. The molecule has 4 fully saturated rings. The number of ether oxygens (including phenoxy) is 1. The van der Waals surface area contributed by atoms with Crippen LogP contribution in [0.1, 0.15) is 125 Å². The van der Waals surface area contributed by atoms with Crippen LogP contribution in [0, 0.1) is 45.3 Å². The molecule has 0 radical (unpaired) electrons. The first-order chi connectivity index (χ1) is 20.5. The van der Waals surface area contributed by atoms with E-state index in [-0.39, 0.29) is 45.2 Å². The summed E-state index contributed by atoms with van der Waals surface area (Å²) in [6.45, 7) is 18.8. The minimum absolute atomic E-state index is 0.140. The number of carbonyl (C=O) groups is 1. The van der Waals surface area contributed by atoms with Crippen LogP contribution in [-0.2, 0) is 9.53 Å². The molecule has 4 aliphatic rings. The number of rotatable bonds is 7. The third-order valence-electron chi connectivity index (χ3n) is 14.0. The van der Waals surface area contributed by atoms with Crippen molar-refractivity contribution < 1.29 is 24.9 Å². The van der Waals surface area contributed by atoms with Crippen molar-refractivity contribution in [1.29, 1.82) is 0 Å². The quantitative estimate of drug-likeness (QED) is 0.125. The molecule has 244 valence electrons. The van der Waals surface area contributed by atoms with Crippen molar-refractivity contribution in [2.24, 2.45) is 45.3 Å². The minimum atomic E-state index is -0.625. The smallest absolute Gasteiger partial charge is 0.331 e. The highest BCUT2D eigenvalue weighted by Gasteiger charge is 2.69. The van der Waals surface area contributed by atoms with E-state index >= 15 is 0 Å². The Morgan fingerprint density at radius 3 is 2.32 bits per heavy atom. The summed E-state index contributed by atoms with van der Waals surface area (Å²) in [6, 6.07) is 4.50. The number of aromatic hydroxyl groups is 2. The normalized spacial score (nSPS) is 39.1. The molecular weight excluding hydrogens is 548 g/mol. The maximum Gasteiger partial charge on any atom is 0.331 e. The van der Waals surface area contributed by atoms with Crippen LogP contribution >= 0.6 is 0 Å². The van der Waals surface area contributed by atoms with E-state index in [0.717, 1.165) is 38.5 Å². The number of carbonyl (C=O) groups excluding carboxylic acids is 1. The van der Waals surface area contributed by atoms with Crippen LogP contribution < -0.4 is 0 Å². The number of benzene rings is 1. The Bertz CT molecular complexity index is 1300. The predicted octanol–water partition coefficient (Wildman–Crippen LogP) is 9.21. The lowest BCUT2D eigenvalue weighted by atomic mass is 9.35. The van der Waals surface area contributed by atoms with E-state index in [4.69, 9.17) is 4.74 Å². The molecule has 0 aliphatic heterocycles. The lowest BCUT2D eigenvalue weighted by molar-refractivity contribution is -0.229. The molecule has 0 amide bonds. The van der Waals surface area contributed by atoms with Crippen molar-refractivity contribution in [2.75, 3.05) is 0 Å². The van der Waals surface area contributed by atoms with Crippen LogP contribution in [0.2, 0.25) is 0 Å². The van der Waals surface area contributed by atoms with Crippen LogP contribution in [0.15, 0.2) is 35.9 Å². The van der Waals surface area contributed by atoms with Gasteiger partial charge in [-0.15, -0.1) is 0 Å². The average molecular weight is 607 g/mol. The fraction of sp³-hybridized carbons (Fsp3) is 0.718. The number of hydrogen-bond donors (Lipinski definition) is 3. The summed E-state index contributed by atoms with van der Waals surface area (Å²) in [7, 11) is 0. The summed E-state index contributed by atoms with van der Waals surface area (Å²) in [5.41, 5.74) is 1.86. The minimum Gasteiger partial charge on any atom is -0.504 e. The Morgan fingerprint density at radius 1 is 0.932 bits per heavy atom. The zero-order chi connectivity index (χ0) is 32.3. The maximum atomic E-state index is 13.0. The molecule has 3 N–H and O–H groups in total. The van der Waals surface area contributed by atoms with Crippen molar-refractivity contribution in [3.63, 3.8) is 0 Å². The van der Waals surface area contributed by atoms with Gasteiger partial charge in [-0.1, -0.05) is 52.3 Å². The zero-order valence-corrected chi connectivity index (χ0v) is 28.6. The van der Waals surface area contributed by atoms with E-state index in [1.165, 1.54) is 49.5 Å². The van der Waals surface area contributed by atoms with Crippen molar-refractivity contribution in [3.05, 3.63) is 41.5 Å². The summed E-state index contributed by atoms with van der Waals surface area (Å²) >= 11 is 0. The monoisotopic (exact) mass is 606 g/mol. The lowest BCUT2D eigenvalue weighted by Crippen LogP contribution is -2.64. The van der Waals surface area contributed by atoms with Gasteiger partial charge in [0.25, 0.3) is 0 Å². The van der Waals surface area contributed by atoms with Gasteiger partial charge in [0.2, 0.25) is 0 Å². The topological polar surface area (TPSA) is 87.0 Å². The van der Waals surface area contributed by atoms with E-state index in [9.17, 15) is 20.1 Å². The first-order valence-corrected chi connectivity index (χ1v) is 17.2. The molecule has 44 heavy (non-hydrogen) atoms. The Morgan fingerprint density at radius 2 is 1.64 bits per heavy atom. The van der Waals surface area contributed by atoms with Gasteiger partial charge < -0.3 is 20.1 Å². The van der Waals surface area contributed by atoms with Crippen molar-refractivity contribution >= 4 is 12.0 Å². The summed E-state index contributed by atoms with van der Waals surface area (Å²) in [4.78, 5) is 13.0. The van der Waals surface area contributed by atoms with E-state index in [0.29, 0.717) is 29.2 Å². The molecule has 0 heterocycles. The SMILES string of the molecule is CC(C)=CCCC(C)(O)C1CC[C@]2(C)C1CCC1[C@@]3(C)CC[C@H](OC(=O)C=Cc4ccc(O)c(O)c4)C(C)(C)C3CC[C@]12C.